The van der Waals surface area contributed by atoms with Crippen molar-refractivity contribution in [1.29, 1.82) is 5.26 Å². The highest BCUT2D eigenvalue weighted by Gasteiger charge is 2.16. The quantitative estimate of drug-likeness (QED) is 0.675. The van der Waals surface area contributed by atoms with Crippen molar-refractivity contribution in [2.75, 3.05) is 0 Å². The highest BCUT2D eigenvalue weighted by molar-refractivity contribution is 5.91. The number of rotatable bonds is 4. The number of hydrogen-bond donors (Lipinski definition) is 1. The van der Waals surface area contributed by atoms with Gasteiger partial charge in [0.05, 0.1) is 17.7 Å². The molecule has 0 saturated carbocycles. The maximum absolute atomic E-state index is 11.7. The minimum atomic E-state index is -0.715. The van der Waals surface area contributed by atoms with Crippen molar-refractivity contribution in [3.8, 4) is 6.07 Å². The fourth-order valence-corrected chi connectivity index (χ4v) is 1.57. The van der Waals surface area contributed by atoms with Gasteiger partial charge in [0.1, 0.15) is 4.92 Å². The highest BCUT2D eigenvalue weighted by atomic mass is 16.6. The fraction of sp³-hybridized carbons (Fsp3) is 0.0769. The van der Waals surface area contributed by atoms with Gasteiger partial charge in [-0.1, -0.05) is 12.1 Å². The van der Waals surface area contributed by atoms with Gasteiger partial charge in [0.15, 0.2) is 5.76 Å². The summed E-state index contributed by atoms with van der Waals surface area (Å²) >= 11 is 0. The SMILES string of the molecule is N#Cc1cccc(CNC(=O)c2ccc([N+](=O)[O-])o2)c1. The molecule has 0 unspecified atom stereocenters. The Bertz CT molecular complexity index is 700. The van der Waals surface area contributed by atoms with E-state index in [9.17, 15) is 14.9 Å². The van der Waals surface area contributed by atoms with Gasteiger partial charge in [-0.25, -0.2) is 0 Å². The molecule has 0 bridgehead atoms. The first-order chi connectivity index (χ1) is 9.60. The molecule has 0 atom stereocenters. The number of carbonyl (C=O) groups excluding carboxylic acids is 1. The zero-order chi connectivity index (χ0) is 14.5. The van der Waals surface area contributed by atoms with Crippen molar-refractivity contribution in [3.05, 3.63) is 63.4 Å². The molecule has 0 aliphatic heterocycles. The number of benzene rings is 1. The lowest BCUT2D eigenvalue weighted by atomic mass is 10.1. The Balaban J connectivity index is 2.01. The van der Waals surface area contributed by atoms with Crippen molar-refractivity contribution < 1.29 is 14.1 Å². The Kier molecular flexibility index (Phi) is 3.77. The van der Waals surface area contributed by atoms with Crippen LogP contribution in [0.4, 0.5) is 5.88 Å². The zero-order valence-corrected chi connectivity index (χ0v) is 10.2. The average molecular weight is 271 g/mol. The number of nitrogens with one attached hydrogen (secondary N) is 1. The molecule has 1 amide bonds. The van der Waals surface area contributed by atoms with Gasteiger partial charge in [-0.05, 0) is 23.8 Å². The molecule has 0 aliphatic carbocycles. The summed E-state index contributed by atoms with van der Waals surface area (Å²) in [6.07, 6.45) is 0. The zero-order valence-electron chi connectivity index (χ0n) is 10.2. The number of nitro groups is 1. The van der Waals surface area contributed by atoms with Crippen LogP contribution in [0.2, 0.25) is 0 Å². The van der Waals surface area contributed by atoms with E-state index in [0.29, 0.717) is 5.56 Å². The van der Waals surface area contributed by atoms with E-state index in [-0.39, 0.29) is 12.3 Å². The van der Waals surface area contributed by atoms with Crippen molar-refractivity contribution in [3.63, 3.8) is 0 Å². The van der Waals surface area contributed by atoms with Crippen LogP contribution >= 0.6 is 0 Å². The van der Waals surface area contributed by atoms with Gasteiger partial charge in [0.25, 0.3) is 5.91 Å². The van der Waals surface area contributed by atoms with E-state index in [2.05, 4.69) is 5.32 Å². The van der Waals surface area contributed by atoms with Crippen LogP contribution in [0.5, 0.6) is 0 Å². The van der Waals surface area contributed by atoms with E-state index in [1.165, 1.54) is 6.07 Å². The highest BCUT2D eigenvalue weighted by Crippen LogP contribution is 2.15. The molecule has 1 N–H and O–H groups in total. The molecule has 100 valence electrons. The van der Waals surface area contributed by atoms with E-state index in [0.717, 1.165) is 11.6 Å². The first kappa shape index (κ1) is 13.3. The summed E-state index contributed by atoms with van der Waals surface area (Å²) in [7, 11) is 0. The summed E-state index contributed by atoms with van der Waals surface area (Å²) in [4.78, 5) is 21.4. The van der Waals surface area contributed by atoms with E-state index in [4.69, 9.17) is 9.68 Å². The predicted molar refractivity (Wildman–Crippen MR) is 67.7 cm³/mol. The van der Waals surface area contributed by atoms with Crippen molar-refractivity contribution >= 4 is 11.8 Å². The third kappa shape index (κ3) is 3.00. The number of nitrogens with zero attached hydrogens (tertiary/aromatic N) is 2. The van der Waals surface area contributed by atoms with Crippen molar-refractivity contribution in [2.24, 2.45) is 0 Å². The summed E-state index contributed by atoms with van der Waals surface area (Å²) in [6.45, 7) is 0.197. The summed E-state index contributed by atoms with van der Waals surface area (Å²) in [6, 6.07) is 11.1. The lowest BCUT2D eigenvalue weighted by molar-refractivity contribution is -0.402. The molecule has 0 saturated heterocycles. The van der Waals surface area contributed by atoms with E-state index in [1.807, 2.05) is 6.07 Å². The summed E-state index contributed by atoms with van der Waals surface area (Å²) in [5.41, 5.74) is 1.24. The fourth-order valence-electron chi connectivity index (χ4n) is 1.57. The van der Waals surface area contributed by atoms with Crippen LogP contribution < -0.4 is 5.32 Å². The maximum atomic E-state index is 11.7. The van der Waals surface area contributed by atoms with Crippen LogP contribution in [-0.4, -0.2) is 10.8 Å². The predicted octanol–water partition coefficient (Wildman–Crippen LogP) is 1.99. The second-order valence-electron chi connectivity index (χ2n) is 3.89. The number of nitriles is 1. The lowest BCUT2D eigenvalue weighted by Crippen LogP contribution is -2.22. The van der Waals surface area contributed by atoms with Gasteiger partial charge in [-0.3, -0.25) is 14.9 Å². The molecular formula is C13H9N3O4. The van der Waals surface area contributed by atoms with Crippen molar-refractivity contribution in [1.82, 2.24) is 5.32 Å². The van der Waals surface area contributed by atoms with Crippen LogP contribution in [0.25, 0.3) is 0 Å². The van der Waals surface area contributed by atoms with Gasteiger partial charge in [-0.15, -0.1) is 0 Å². The molecule has 0 fully saturated rings. The van der Waals surface area contributed by atoms with Gasteiger partial charge in [-0.2, -0.15) is 5.26 Å². The first-order valence-electron chi connectivity index (χ1n) is 5.61. The summed E-state index contributed by atoms with van der Waals surface area (Å²) in [5, 5.41) is 21.7. The molecule has 20 heavy (non-hydrogen) atoms. The number of furan rings is 1. The van der Waals surface area contributed by atoms with Crippen LogP contribution in [0.3, 0.4) is 0 Å². The second-order valence-corrected chi connectivity index (χ2v) is 3.89. The Labute approximate surface area is 113 Å². The smallest absolute Gasteiger partial charge is 0.395 e. The number of hydrogen-bond acceptors (Lipinski definition) is 5. The third-order valence-electron chi connectivity index (χ3n) is 2.50. The molecule has 2 aromatic rings. The molecule has 7 nitrogen and oxygen atoms in total. The molecule has 7 heteroatoms. The number of amides is 1. The Hall–Kier alpha value is -3.14. The molecular weight excluding hydrogens is 262 g/mol. The lowest BCUT2D eigenvalue weighted by Gasteiger charge is -2.03. The van der Waals surface area contributed by atoms with E-state index < -0.39 is 16.7 Å². The standard InChI is InChI=1S/C13H9N3O4/c14-7-9-2-1-3-10(6-9)8-15-13(17)11-4-5-12(20-11)16(18)19/h1-6H,8H2,(H,15,17). The van der Waals surface area contributed by atoms with E-state index in [1.54, 1.807) is 24.3 Å². The Morgan fingerprint density at radius 1 is 1.40 bits per heavy atom. The third-order valence-corrected chi connectivity index (χ3v) is 2.50. The first-order valence-corrected chi connectivity index (χ1v) is 5.61. The van der Waals surface area contributed by atoms with Crippen LogP contribution in [0, 0.1) is 21.4 Å². The van der Waals surface area contributed by atoms with Gasteiger partial charge < -0.3 is 9.73 Å². The molecule has 1 aromatic carbocycles. The Morgan fingerprint density at radius 2 is 2.20 bits per heavy atom. The van der Waals surface area contributed by atoms with Gasteiger partial charge in [0, 0.05) is 6.54 Å². The normalized spacial score (nSPS) is 9.75. The Morgan fingerprint density at radius 3 is 2.85 bits per heavy atom. The minimum Gasteiger partial charge on any atom is -0.395 e. The molecule has 0 aliphatic rings. The maximum Gasteiger partial charge on any atom is 0.433 e. The van der Waals surface area contributed by atoms with Crippen molar-refractivity contribution in [2.45, 2.75) is 6.54 Å². The minimum absolute atomic E-state index is 0.131. The van der Waals surface area contributed by atoms with Crippen LogP contribution in [0.1, 0.15) is 21.7 Å². The molecule has 1 heterocycles. The average Bonchev–Trinajstić information content (AvgIpc) is 2.95. The molecule has 1 aromatic heterocycles. The summed E-state index contributed by atoms with van der Waals surface area (Å²) < 4.78 is 4.78. The topological polar surface area (TPSA) is 109 Å². The van der Waals surface area contributed by atoms with Gasteiger partial charge >= 0.3 is 5.88 Å². The molecule has 0 spiro atoms. The second kappa shape index (κ2) is 5.67. The largest absolute Gasteiger partial charge is 0.433 e. The molecule has 2 rings (SSSR count). The van der Waals surface area contributed by atoms with Gasteiger partial charge in [0.2, 0.25) is 0 Å². The monoisotopic (exact) mass is 271 g/mol. The van der Waals surface area contributed by atoms with Crippen LogP contribution in [-0.2, 0) is 6.54 Å². The van der Waals surface area contributed by atoms with E-state index >= 15 is 0 Å². The number of carbonyl (C=O) groups is 1. The summed E-state index contributed by atoms with van der Waals surface area (Å²) in [5.74, 6) is -1.17. The molecule has 0 radical (unpaired) electrons. The van der Waals surface area contributed by atoms with Crippen LogP contribution in [0.15, 0.2) is 40.8 Å².